The third-order valence-corrected chi connectivity index (χ3v) is 2.76. The average molecular weight is 282 g/mol. The van der Waals surface area contributed by atoms with E-state index in [2.05, 4.69) is 0 Å². The van der Waals surface area contributed by atoms with E-state index in [-0.39, 0.29) is 17.9 Å². The summed E-state index contributed by atoms with van der Waals surface area (Å²) in [5.74, 6) is -0.511. The number of hydrogen-bond donors (Lipinski definition) is 0. The lowest BCUT2D eigenvalue weighted by molar-refractivity contribution is -0.385. The Bertz CT molecular complexity index is 720. The van der Waals surface area contributed by atoms with Crippen LogP contribution in [0.25, 0.3) is 0 Å². The molecule has 0 aliphatic heterocycles. The standard InChI is InChI=1S/C15H10N2O4/c16-9-13-7-6-11(8-14(13)17(19)20)10-21-15(18)12-4-2-1-3-5-12/h1-8H,10H2. The molecule has 0 heterocycles. The first-order valence-corrected chi connectivity index (χ1v) is 6.01. The normalized spacial score (nSPS) is 9.67. The number of carbonyl (C=O) groups excluding carboxylic acids is 1. The van der Waals surface area contributed by atoms with Crippen molar-refractivity contribution in [2.45, 2.75) is 6.61 Å². The van der Waals surface area contributed by atoms with Crippen molar-refractivity contribution in [1.29, 1.82) is 5.26 Å². The van der Waals surface area contributed by atoms with Crippen molar-refractivity contribution in [2.24, 2.45) is 0 Å². The summed E-state index contributed by atoms with van der Waals surface area (Å²) < 4.78 is 5.08. The molecule has 0 amide bonds. The fraction of sp³-hybridized carbons (Fsp3) is 0.0667. The van der Waals surface area contributed by atoms with E-state index in [4.69, 9.17) is 10.00 Å². The van der Waals surface area contributed by atoms with E-state index in [1.165, 1.54) is 18.2 Å². The molecule has 0 unspecified atom stereocenters. The molecule has 6 heteroatoms. The Morgan fingerprint density at radius 3 is 2.57 bits per heavy atom. The van der Waals surface area contributed by atoms with E-state index < -0.39 is 10.9 Å². The summed E-state index contributed by atoms with van der Waals surface area (Å²) in [6, 6.07) is 14.3. The molecule has 6 nitrogen and oxygen atoms in total. The van der Waals surface area contributed by atoms with Gasteiger partial charge in [0, 0.05) is 6.07 Å². The Labute approximate surface area is 120 Å². The second-order valence-corrected chi connectivity index (χ2v) is 4.16. The largest absolute Gasteiger partial charge is 0.457 e. The van der Waals surface area contributed by atoms with Gasteiger partial charge in [-0.2, -0.15) is 5.26 Å². The van der Waals surface area contributed by atoms with E-state index >= 15 is 0 Å². The van der Waals surface area contributed by atoms with Crippen LogP contribution in [0.2, 0.25) is 0 Å². The van der Waals surface area contributed by atoms with Crippen LogP contribution in [0.3, 0.4) is 0 Å². The quantitative estimate of drug-likeness (QED) is 0.488. The van der Waals surface area contributed by atoms with Crippen LogP contribution in [0.1, 0.15) is 21.5 Å². The van der Waals surface area contributed by atoms with Gasteiger partial charge < -0.3 is 4.74 Å². The Balaban J connectivity index is 2.11. The number of benzene rings is 2. The second kappa shape index (κ2) is 6.30. The fourth-order valence-electron chi connectivity index (χ4n) is 1.72. The molecule has 2 rings (SSSR count). The van der Waals surface area contributed by atoms with Crippen LogP contribution < -0.4 is 0 Å². The molecule has 0 bridgehead atoms. The number of nitro groups is 1. The molecule has 104 valence electrons. The van der Waals surface area contributed by atoms with Crippen LogP contribution >= 0.6 is 0 Å². The zero-order valence-corrected chi connectivity index (χ0v) is 10.9. The van der Waals surface area contributed by atoms with Gasteiger partial charge in [-0.15, -0.1) is 0 Å². The van der Waals surface area contributed by atoms with Crippen LogP contribution in [0.5, 0.6) is 0 Å². The predicted molar refractivity (Wildman–Crippen MR) is 73.4 cm³/mol. The summed E-state index contributed by atoms with van der Waals surface area (Å²) in [6.45, 7) is -0.0969. The van der Waals surface area contributed by atoms with Gasteiger partial charge in [0.05, 0.1) is 10.5 Å². The maximum absolute atomic E-state index is 11.8. The highest BCUT2D eigenvalue weighted by molar-refractivity contribution is 5.89. The maximum Gasteiger partial charge on any atom is 0.338 e. The summed E-state index contributed by atoms with van der Waals surface area (Å²) in [5, 5.41) is 19.6. The van der Waals surface area contributed by atoms with Gasteiger partial charge >= 0.3 is 5.97 Å². The molecule has 0 saturated carbocycles. The first kappa shape index (κ1) is 14.2. The molecule has 0 spiro atoms. The van der Waals surface area contributed by atoms with Crippen LogP contribution in [0, 0.1) is 21.4 Å². The molecule has 2 aromatic rings. The first-order chi connectivity index (χ1) is 10.1. The van der Waals surface area contributed by atoms with Crippen molar-refractivity contribution in [1.82, 2.24) is 0 Å². The number of nitro benzene ring substituents is 1. The van der Waals surface area contributed by atoms with Gasteiger partial charge in [-0.1, -0.05) is 24.3 Å². The van der Waals surface area contributed by atoms with Gasteiger partial charge in [0.1, 0.15) is 18.2 Å². The molecule has 2 aromatic carbocycles. The van der Waals surface area contributed by atoms with Gasteiger partial charge in [0.15, 0.2) is 0 Å². The fourth-order valence-corrected chi connectivity index (χ4v) is 1.72. The highest BCUT2D eigenvalue weighted by atomic mass is 16.6. The molecule has 0 aliphatic carbocycles. The van der Waals surface area contributed by atoms with Crippen molar-refractivity contribution in [2.75, 3.05) is 0 Å². The van der Waals surface area contributed by atoms with E-state index in [0.717, 1.165) is 0 Å². The second-order valence-electron chi connectivity index (χ2n) is 4.16. The number of nitrogens with zero attached hydrogens (tertiary/aromatic N) is 2. The van der Waals surface area contributed by atoms with Gasteiger partial charge in [0.25, 0.3) is 5.69 Å². The van der Waals surface area contributed by atoms with Crippen LogP contribution in [0.4, 0.5) is 5.69 Å². The molecule has 0 N–H and O–H groups in total. The van der Waals surface area contributed by atoms with Crippen molar-refractivity contribution >= 4 is 11.7 Å². The predicted octanol–water partition coefficient (Wildman–Crippen LogP) is 2.82. The summed E-state index contributed by atoms with van der Waals surface area (Å²) in [7, 11) is 0. The number of rotatable bonds is 4. The highest BCUT2D eigenvalue weighted by Gasteiger charge is 2.15. The van der Waals surface area contributed by atoms with Crippen molar-refractivity contribution < 1.29 is 14.5 Å². The van der Waals surface area contributed by atoms with E-state index in [1.807, 2.05) is 0 Å². The van der Waals surface area contributed by atoms with Gasteiger partial charge in [-0.25, -0.2) is 4.79 Å². The van der Waals surface area contributed by atoms with Crippen LogP contribution in [-0.2, 0) is 11.3 Å². The molecule has 0 fully saturated rings. The zero-order chi connectivity index (χ0) is 15.2. The summed E-state index contributed by atoms with van der Waals surface area (Å²) in [6.07, 6.45) is 0. The minimum Gasteiger partial charge on any atom is -0.457 e. The Morgan fingerprint density at radius 1 is 1.24 bits per heavy atom. The van der Waals surface area contributed by atoms with E-state index in [1.54, 1.807) is 36.4 Å². The van der Waals surface area contributed by atoms with E-state index in [0.29, 0.717) is 11.1 Å². The Hall–Kier alpha value is -3.20. The number of esters is 1. The lowest BCUT2D eigenvalue weighted by Gasteiger charge is -2.05. The number of nitriles is 1. The van der Waals surface area contributed by atoms with Crippen molar-refractivity contribution in [3.63, 3.8) is 0 Å². The average Bonchev–Trinajstić information content (AvgIpc) is 2.53. The van der Waals surface area contributed by atoms with Gasteiger partial charge in [-0.05, 0) is 23.8 Å². The van der Waals surface area contributed by atoms with Crippen LogP contribution in [-0.4, -0.2) is 10.9 Å². The smallest absolute Gasteiger partial charge is 0.338 e. The third kappa shape index (κ3) is 3.42. The molecule has 21 heavy (non-hydrogen) atoms. The Morgan fingerprint density at radius 2 is 1.95 bits per heavy atom. The van der Waals surface area contributed by atoms with Crippen LogP contribution in [0.15, 0.2) is 48.5 Å². The highest BCUT2D eigenvalue weighted by Crippen LogP contribution is 2.20. The summed E-state index contributed by atoms with van der Waals surface area (Å²) >= 11 is 0. The number of carbonyl (C=O) groups is 1. The minimum atomic E-state index is -0.638. The zero-order valence-electron chi connectivity index (χ0n) is 10.9. The third-order valence-electron chi connectivity index (χ3n) is 2.76. The molecule has 0 aromatic heterocycles. The summed E-state index contributed by atoms with van der Waals surface area (Å²) in [4.78, 5) is 22.0. The van der Waals surface area contributed by atoms with Crippen molar-refractivity contribution in [3.8, 4) is 6.07 Å². The lowest BCUT2D eigenvalue weighted by atomic mass is 10.1. The lowest BCUT2D eigenvalue weighted by Crippen LogP contribution is -2.05. The topological polar surface area (TPSA) is 93.2 Å². The summed E-state index contributed by atoms with van der Waals surface area (Å²) in [5.41, 5.74) is 0.523. The number of hydrogen-bond acceptors (Lipinski definition) is 5. The first-order valence-electron chi connectivity index (χ1n) is 6.01. The molecular formula is C15H10N2O4. The van der Waals surface area contributed by atoms with Gasteiger partial charge in [-0.3, -0.25) is 10.1 Å². The molecular weight excluding hydrogens is 272 g/mol. The molecule has 0 aliphatic rings. The van der Waals surface area contributed by atoms with Gasteiger partial charge in [0.2, 0.25) is 0 Å². The molecule has 0 saturated heterocycles. The Kier molecular flexibility index (Phi) is 4.26. The maximum atomic E-state index is 11.8. The van der Waals surface area contributed by atoms with E-state index in [9.17, 15) is 14.9 Å². The number of ether oxygens (including phenoxy) is 1. The van der Waals surface area contributed by atoms with Crippen molar-refractivity contribution in [3.05, 3.63) is 75.3 Å². The minimum absolute atomic E-state index is 0.0295. The molecule has 0 atom stereocenters. The molecule has 0 radical (unpaired) electrons. The monoisotopic (exact) mass is 282 g/mol. The SMILES string of the molecule is N#Cc1ccc(COC(=O)c2ccccc2)cc1[N+](=O)[O-].